The van der Waals surface area contributed by atoms with Crippen molar-refractivity contribution in [2.24, 2.45) is 0 Å². The normalized spacial score (nSPS) is 10.4. The zero-order valence-electron chi connectivity index (χ0n) is 7.09. The van der Waals surface area contributed by atoms with Crippen LogP contribution >= 0.6 is 0 Å². The molecule has 0 bridgehead atoms. The summed E-state index contributed by atoms with van der Waals surface area (Å²) >= 11 is 0. The molecule has 0 unspecified atom stereocenters. The number of allylic oxidation sites excluding steroid dienone is 1. The number of esters is 1. The fourth-order valence-corrected chi connectivity index (χ4v) is 0.585. The maximum atomic E-state index is 10.7. The Morgan fingerprint density at radius 3 is 2.91 bits per heavy atom. The molecule has 1 N–H and O–H groups in total. The van der Waals surface area contributed by atoms with Gasteiger partial charge in [-0.1, -0.05) is 13.0 Å². The average molecular weight is 157 g/mol. The Labute approximate surface area is 67.4 Å². The molecule has 0 amide bonds. The minimum absolute atomic E-state index is 0.273. The van der Waals surface area contributed by atoms with Crippen LogP contribution in [0.5, 0.6) is 0 Å². The lowest BCUT2D eigenvalue weighted by molar-refractivity contribution is -0.137. The Kier molecular flexibility index (Phi) is 6.73. The number of rotatable bonds is 5. The smallest absolute Gasteiger partial charge is 0.330 e. The van der Waals surface area contributed by atoms with Crippen LogP contribution < -0.4 is 5.32 Å². The van der Waals surface area contributed by atoms with Crippen molar-refractivity contribution in [1.29, 1.82) is 0 Å². The van der Waals surface area contributed by atoms with Gasteiger partial charge in [0.05, 0.1) is 0 Å². The molecule has 3 nitrogen and oxygen atoms in total. The van der Waals surface area contributed by atoms with Gasteiger partial charge in [-0.05, 0) is 13.5 Å². The lowest BCUT2D eigenvalue weighted by Crippen LogP contribution is -2.20. The molecule has 0 radical (unpaired) electrons. The molecule has 64 valence electrons. The Balaban J connectivity index is 3.17. The largest absolute Gasteiger partial charge is 0.461 e. The molecule has 0 aromatic rings. The lowest BCUT2D eigenvalue weighted by atomic mass is 10.5. The van der Waals surface area contributed by atoms with Gasteiger partial charge >= 0.3 is 5.97 Å². The van der Waals surface area contributed by atoms with Crippen LogP contribution in [0.1, 0.15) is 13.8 Å². The molecule has 0 saturated heterocycles. The Bertz CT molecular complexity index is 132. The van der Waals surface area contributed by atoms with Crippen LogP contribution in [0.2, 0.25) is 0 Å². The first-order valence-corrected chi connectivity index (χ1v) is 3.81. The molecular weight excluding hydrogens is 142 g/mol. The van der Waals surface area contributed by atoms with Gasteiger partial charge < -0.3 is 10.1 Å². The highest BCUT2D eigenvalue weighted by molar-refractivity contribution is 5.81. The first-order chi connectivity index (χ1) is 5.31. The van der Waals surface area contributed by atoms with Gasteiger partial charge in [-0.2, -0.15) is 0 Å². The summed E-state index contributed by atoms with van der Waals surface area (Å²) in [5, 5.41) is 3.04. The Morgan fingerprint density at radius 2 is 2.36 bits per heavy atom. The van der Waals surface area contributed by atoms with Crippen LogP contribution in [0.4, 0.5) is 0 Å². The number of carbonyl (C=O) groups excluding carboxylic acids is 1. The van der Waals surface area contributed by atoms with Crippen molar-refractivity contribution in [2.45, 2.75) is 13.8 Å². The number of hydrogen-bond donors (Lipinski definition) is 1. The van der Waals surface area contributed by atoms with Gasteiger partial charge in [0.15, 0.2) is 0 Å². The van der Waals surface area contributed by atoms with Crippen molar-refractivity contribution in [1.82, 2.24) is 5.32 Å². The molecule has 0 aromatic heterocycles. The first kappa shape index (κ1) is 10.2. The van der Waals surface area contributed by atoms with E-state index in [-0.39, 0.29) is 5.97 Å². The van der Waals surface area contributed by atoms with E-state index in [2.05, 4.69) is 5.32 Å². The van der Waals surface area contributed by atoms with Gasteiger partial charge in [0, 0.05) is 12.6 Å². The van der Waals surface area contributed by atoms with Crippen molar-refractivity contribution >= 4 is 5.97 Å². The summed E-state index contributed by atoms with van der Waals surface area (Å²) in [4.78, 5) is 10.7. The molecule has 0 heterocycles. The van der Waals surface area contributed by atoms with Gasteiger partial charge in [0.25, 0.3) is 0 Å². The number of nitrogens with one attached hydrogen (secondary N) is 1. The van der Waals surface area contributed by atoms with Crippen LogP contribution in [-0.4, -0.2) is 25.7 Å². The van der Waals surface area contributed by atoms with E-state index in [0.717, 1.165) is 13.1 Å². The second kappa shape index (κ2) is 7.28. The minimum atomic E-state index is -0.273. The van der Waals surface area contributed by atoms with Crippen LogP contribution in [0.25, 0.3) is 0 Å². The molecule has 0 atom stereocenters. The van der Waals surface area contributed by atoms with Crippen molar-refractivity contribution in [3.63, 3.8) is 0 Å². The Morgan fingerprint density at radius 1 is 1.64 bits per heavy atom. The molecule has 0 fully saturated rings. The molecule has 0 aliphatic carbocycles. The standard InChI is InChI=1S/C8H15NO2/c1-3-5-8(10)11-7-6-9-4-2/h3,5,9H,4,6-7H2,1-2H3/b5-3+. The third-order valence-corrected chi connectivity index (χ3v) is 1.08. The van der Waals surface area contributed by atoms with Crippen LogP contribution in [0.3, 0.4) is 0 Å². The maximum Gasteiger partial charge on any atom is 0.330 e. The summed E-state index contributed by atoms with van der Waals surface area (Å²) in [6.45, 7) is 5.86. The third kappa shape index (κ3) is 7.06. The van der Waals surface area contributed by atoms with Crippen LogP contribution in [-0.2, 0) is 9.53 Å². The second-order valence-electron chi connectivity index (χ2n) is 2.02. The molecule has 0 rings (SSSR count). The van der Waals surface area contributed by atoms with Gasteiger partial charge in [-0.25, -0.2) is 4.79 Å². The highest BCUT2D eigenvalue weighted by Gasteiger charge is 1.93. The molecule has 0 aliphatic heterocycles. The monoisotopic (exact) mass is 157 g/mol. The summed E-state index contributed by atoms with van der Waals surface area (Å²) in [7, 11) is 0. The summed E-state index contributed by atoms with van der Waals surface area (Å²) in [6, 6.07) is 0. The predicted octanol–water partition coefficient (Wildman–Crippen LogP) is 0.715. The zero-order valence-corrected chi connectivity index (χ0v) is 7.09. The summed E-state index contributed by atoms with van der Waals surface area (Å²) < 4.78 is 4.80. The van der Waals surface area contributed by atoms with E-state index < -0.39 is 0 Å². The second-order valence-corrected chi connectivity index (χ2v) is 2.02. The number of ether oxygens (including phenoxy) is 1. The highest BCUT2D eigenvalue weighted by atomic mass is 16.5. The number of likely N-dealkylation sites (N-methyl/N-ethyl adjacent to an activating group) is 1. The van der Waals surface area contributed by atoms with Crippen molar-refractivity contribution in [3.05, 3.63) is 12.2 Å². The van der Waals surface area contributed by atoms with E-state index in [1.165, 1.54) is 6.08 Å². The molecule has 3 heteroatoms. The topological polar surface area (TPSA) is 38.3 Å². The van der Waals surface area contributed by atoms with Gasteiger partial charge in [0.1, 0.15) is 6.61 Å². The summed E-state index contributed by atoms with van der Waals surface area (Å²) in [5.41, 5.74) is 0. The van der Waals surface area contributed by atoms with Gasteiger partial charge in [0.2, 0.25) is 0 Å². The maximum absolute atomic E-state index is 10.7. The lowest BCUT2D eigenvalue weighted by Gasteiger charge is -2.01. The van der Waals surface area contributed by atoms with E-state index in [1.54, 1.807) is 13.0 Å². The van der Waals surface area contributed by atoms with E-state index in [0.29, 0.717) is 6.61 Å². The third-order valence-electron chi connectivity index (χ3n) is 1.08. The van der Waals surface area contributed by atoms with E-state index in [1.807, 2.05) is 6.92 Å². The highest BCUT2D eigenvalue weighted by Crippen LogP contribution is 1.79. The summed E-state index contributed by atoms with van der Waals surface area (Å²) in [5.74, 6) is -0.273. The quantitative estimate of drug-likeness (QED) is 0.363. The Hall–Kier alpha value is -0.830. The van der Waals surface area contributed by atoms with E-state index in [4.69, 9.17) is 4.74 Å². The molecule has 0 spiro atoms. The molecule has 11 heavy (non-hydrogen) atoms. The van der Waals surface area contributed by atoms with Crippen LogP contribution in [0.15, 0.2) is 12.2 Å². The van der Waals surface area contributed by atoms with Gasteiger partial charge in [-0.3, -0.25) is 0 Å². The zero-order chi connectivity index (χ0) is 8.53. The molecule has 0 aliphatic rings. The fraction of sp³-hybridized carbons (Fsp3) is 0.625. The van der Waals surface area contributed by atoms with Crippen molar-refractivity contribution < 1.29 is 9.53 Å². The van der Waals surface area contributed by atoms with E-state index in [9.17, 15) is 4.79 Å². The van der Waals surface area contributed by atoms with E-state index >= 15 is 0 Å². The number of hydrogen-bond acceptors (Lipinski definition) is 3. The first-order valence-electron chi connectivity index (χ1n) is 3.81. The molecule has 0 aromatic carbocycles. The average Bonchev–Trinajstić information content (AvgIpc) is 1.99. The predicted molar refractivity (Wildman–Crippen MR) is 44.3 cm³/mol. The minimum Gasteiger partial charge on any atom is -0.461 e. The number of carbonyl (C=O) groups is 1. The molecule has 0 saturated carbocycles. The SMILES string of the molecule is C/C=C/C(=O)OCCNCC. The van der Waals surface area contributed by atoms with Gasteiger partial charge in [-0.15, -0.1) is 0 Å². The van der Waals surface area contributed by atoms with Crippen molar-refractivity contribution in [3.8, 4) is 0 Å². The van der Waals surface area contributed by atoms with Crippen LogP contribution in [0, 0.1) is 0 Å². The van der Waals surface area contributed by atoms with Crippen molar-refractivity contribution in [2.75, 3.05) is 19.7 Å². The molecular formula is C8H15NO2. The fourth-order valence-electron chi connectivity index (χ4n) is 0.585. The summed E-state index contributed by atoms with van der Waals surface area (Å²) in [6.07, 6.45) is 3.07.